The molecule has 2 aromatic rings. The average Bonchev–Trinajstić information content (AvgIpc) is 2.28. The van der Waals surface area contributed by atoms with Gasteiger partial charge in [-0.05, 0) is 26.0 Å². The minimum absolute atomic E-state index is 0.783. The number of imidazole rings is 1. The van der Waals surface area contributed by atoms with Gasteiger partial charge in [-0.3, -0.25) is 0 Å². The van der Waals surface area contributed by atoms with Crippen molar-refractivity contribution >= 4 is 11.2 Å². The molecule has 0 unspecified atom stereocenters. The summed E-state index contributed by atoms with van der Waals surface area (Å²) in [7, 11) is 0. The normalized spacial score (nSPS) is 10.8. The number of fused-ring (bicyclic) bond motifs is 1. The van der Waals surface area contributed by atoms with Gasteiger partial charge in [-0.15, -0.1) is 0 Å². The van der Waals surface area contributed by atoms with Crippen LogP contribution in [0.4, 0.5) is 5.69 Å². The van der Waals surface area contributed by atoms with Gasteiger partial charge in [0.05, 0.1) is 11.2 Å². The van der Waals surface area contributed by atoms with Gasteiger partial charge in [-0.2, -0.15) is 0 Å². The van der Waals surface area contributed by atoms with Crippen LogP contribution in [0.3, 0.4) is 0 Å². The van der Waals surface area contributed by atoms with Gasteiger partial charge in [-0.1, -0.05) is 0 Å². The number of rotatable bonds is 0. The molecule has 3 nitrogen and oxygen atoms in total. The van der Waals surface area contributed by atoms with E-state index >= 15 is 0 Å². The molecule has 0 saturated heterocycles. The van der Waals surface area contributed by atoms with Gasteiger partial charge in [-0.25, -0.2) is 4.98 Å². The standard InChI is InChI=1S/C9H11N3/c1-6-9-5-8(10)3-4-12(9)7(2)11-6/h3-5H,10H2,1-2H3. The SMILES string of the molecule is Cc1nc(C)n2ccc(N)cc12. The van der Waals surface area contributed by atoms with Crippen LogP contribution >= 0.6 is 0 Å². The third-order valence-electron chi connectivity index (χ3n) is 2.03. The predicted octanol–water partition coefficient (Wildman–Crippen LogP) is 1.53. The first-order valence-electron chi connectivity index (χ1n) is 3.89. The number of pyridine rings is 1. The first-order chi connectivity index (χ1) is 5.68. The summed E-state index contributed by atoms with van der Waals surface area (Å²) in [6.07, 6.45) is 1.94. The van der Waals surface area contributed by atoms with E-state index in [0.717, 1.165) is 22.7 Å². The molecule has 0 aliphatic heterocycles. The van der Waals surface area contributed by atoms with Crippen molar-refractivity contribution in [2.24, 2.45) is 0 Å². The summed E-state index contributed by atoms with van der Waals surface area (Å²) in [5, 5.41) is 0. The Kier molecular flexibility index (Phi) is 1.33. The van der Waals surface area contributed by atoms with E-state index in [2.05, 4.69) is 4.98 Å². The van der Waals surface area contributed by atoms with Gasteiger partial charge in [0.2, 0.25) is 0 Å². The molecule has 0 bridgehead atoms. The fourth-order valence-corrected chi connectivity index (χ4v) is 1.43. The van der Waals surface area contributed by atoms with Crippen molar-refractivity contribution in [1.82, 2.24) is 9.38 Å². The Hall–Kier alpha value is -1.51. The van der Waals surface area contributed by atoms with Gasteiger partial charge in [0.25, 0.3) is 0 Å². The van der Waals surface area contributed by atoms with Crippen molar-refractivity contribution in [2.45, 2.75) is 13.8 Å². The van der Waals surface area contributed by atoms with Crippen molar-refractivity contribution in [2.75, 3.05) is 5.73 Å². The molecule has 0 aliphatic rings. The molecule has 0 radical (unpaired) electrons. The Morgan fingerprint density at radius 1 is 1.42 bits per heavy atom. The van der Waals surface area contributed by atoms with Crippen molar-refractivity contribution in [3.63, 3.8) is 0 Å². The molecule has 0 atom stereocenters. The highest BCUT2D eigenvalue weighted by atomic mass is 15.0. The van der Waals surface area contributed by atoms with Crippen LogP contribution in [0.25, 0.3) is 5.52 Å². The van der Waals surface area contributed by atoms with E-state index in [-0.39, 0.29) is 0 Å². The van der Waals surface area contributed by atoms with E-state index < -0.39 is 0 Å². The Morgan fingerprint density at radius 2 is 2.17 bits per heavy atom. The molecule has 62 valence electrons. The molecule has 2 rings (SSSR count). The third kappa shape index (κ3) is 0.863. The first kappa shape index (κ1) is 7.16. The Morgan fingerprint density at radius 3 is 2.92 bits per heavy atom. The zero-order valence-corrected chi connectivity index (χ0v) is 7.20. The number of hydrogen-bond acceptors (Lipinski definition) is 2. The molecule has 0 saturated carbocycles. The maximum absolute atomic E-state index is 5.66. The number of hydrogen-bond donors (Lipinski definition) is 1. The Bertz CT molecular complexity index is 429. The van der Waals surface area contributed by atoms with E-state index in [9.17, 15) is 0 Å². The maximum Gasteiger partial charge on any atom is 0.110 e. The van der Waals surface area contributed by atoms with Gasteiger partial charge in [0, 0.05) is 11.9 Å². The Balaban J connectivity index is 2.90. The average molecular weight is 161 g/mol. The van der Waals surface area contributed by atoms with E-state index in [0.29, 0.717) is 0 Å². The van der Waals surface area contributed by atoms with Crippen LogP contribution in [-0.2, 0) is 0 Å². The summed E-state index contributed by atoms with van der Waals surface area (Å²) in [6, 6.07) is 3.82. The molecule has 0 spiro atoms. The van der Waals surface area contributed by atoms with Crippen LogP contribution in [0, 0.1) is 13.8 Å². The smallest absolute Gasteiger partial charge is 0.110 e. The lowest BCUT2D eigenvalue weighted by atomic mass is 10.3. The number of nitrogen functional groups attached to an aromatic ring is 1. The van der Waals surface area contributed by atoms with Crippen LogP contribution in [0.15, 0.2) is 18.3 Å². The molecule has 3 heteroatoms. The van der Waals surface area contributed by atoms with Crippen molar-refractivity contribution in [1.29, 1.82) is 0 Å². The number of nitrogens with two attached hydrogens (primary N) is 1. The van der Waals surface area contributed by atoms with Crippen molar-refractivity contribution in [3.8, 4) is 0 Å². The minimum atomic E-state index is 0.783. The zero-order valence-electron chi connectivity index (χ0n) is 7.20. The predicted molar refractivity (Wildman–Crippen MR) is 49.1 cm³/mol. The van der Waals surface area contributed by atoms with E-state index in [4.69, 9.17) is 5.73 Å². The monoisotopic (exact) mass is 161 g/mol. The lowest BCUT2D eigenvalue weighted by molar-refractivity contribution is 1.04. The molecule has 2 heterocycles. The molecule has 0 aromatic carbocycles. The third-order valence-corrected chi connectivity index (χ3v) is 2.03. The number of anilines is 1. The lowest BCUT2D eigenvalue weighted by Crippen LogP contribution is -1.90. The summed E-state index contributed by atoms with van der Waals surface area (Å²) in [5.74, 6) is 1.00. The summed E-state index contributed by atoms with van der Waals surface area (Å²) in [4.78, 5) is 4.34. The minimum Gasteiger partial charge on any atom is -0.399 e. The van der Waals surface area contributed by atoms with Crippen molar-refractivity contribution < 1.29 is 0 Å². The summed E-state index contributed by atoms with van der Waals surface area (Å²) in [6.45, 7) is 3.97. The molecule has 0 amide bonds. The maximum atomic E-state index is 5.66. The summed E-state index contributed by atoms with van der Waals surface area (Å²) < 4.78 is 2.03. The zero-order chi connectivity index (χ0) is 8.72. The molecular weight excluding hydrogens is 150 g/mol. The van der Waals surface area contributed by atoms with Crippen LogP contribution < -0.4 is 5.73 Å². The topological polar surface area (TPSA) is 43.3 Å². The quantitative estimate of drug-likeness (QED) is 0.636. The Labute approximate surface area is 70.8 Å². The second kappa shape index (κ2) is 2.24. The first-order valence-corrected chi connectivity index (χ1v) is 3.89. The van der Waals surface area contributed by atoms with Crippen LogP contribution in [0.2, 0.25) is 0 Å². The van der Waals surface area contributed by atoms with Gasteiger partial charge in [0.15, 0.2) is 0 Å². The molecular formula is C9H11N3. The lowest BCUT2D eigenvalue weighted by Gasteiger charge is -1.97. The van der Waals surface area contributed by atoms with Crippen LogP contribution in [-0.4, -0.2) is 9.38 Å². The molecule has 2 N–H and O–H groups in total. The van der Waals surface area contributed by atoms with E-state index in [1.54, 1.807) is 0 Å². The second-order valence-corrected chi connectivity index (χ2v) is 2.96. The molecule has 12 heavy (non-hydrogen) atoms. The van der Waals surface area contributed by atoms with Crippen LogP contribution in [0.5, 0.6) is 0 Å². The fourth-order valence-electron chi connectivity index (χ4n) is 1.43. The molecule has 0 fully saturated rings. The number of aromatic nitrogens is 2. The summed E-state index contributed by atoms with van der Waals surface area (Å²) in [5.41, 5.74) is 8.56. The van der Waals surface area contributed by atoms with Gasteiger partial charge in [0.1, 0.15) is 5.82 Å². The van der Waals surface area contributed by atoms with Crippen molar-refractivity contribution in [3.05, 3.63) is 29.8 Å². The fraction of sp³-hybridized carbons (Fsp3) is 0.222. The molecule has 0 aliphatic carbocycles. The van der Waals surface area contributed by atoms with Gasteiger partial charge < -0.3 is 10.1 Å². The highest BCUT2D eigenvalue weighted by Gasteiger charge is 2.02. The summed E-state index contributed by atoms with van der Waals surface area (Å²) >= 11 is 0. The van der Waals surface area contributed by atoms with E-state index in [1.165, 1.54) is 0 Å². The molecule has 2 aromatic heterocycles. The second-order valence-electron chi connectivity index (χ2n) is 2.96. The van der Waals surface area contributed by atoms with Gasteiger partial charge >= 0.3 is 0 Å². The highest BCUT2D eigenvalue weighted by Crippen LogP contribution is 2.14. The number of nitrogens with zero attached hydrogens (tertiary/aromatic N) is 2. The van der Waals surface area contributed by atoms with E-state index in [1.807, 2.05) is 36.6 Å². The highest BCUT2D eigenvalue weighted by molar-refractivity contribution is 5.60. The number of aryl methyl sites for hydroxylation is 2. The largest absolute Gasteiger partial charge is 0.399 e. The van der Waals surface area contributed by atoms with Crippen LogP contribution in [0.1, 0.15) is 11.5 Å².